The summed E-state index contributed by atoms with van der Waals surface area (Å²) >= 11 is 6.15. The molecule has 0 N–H and O–H groups in total. The van der Waals surface area contributed by atoms with Crippen LogP contribution in [0.5, 0.6) is 0 Å². The number of aromatic nitrogens is 2. The van der Waals surface area contributed by atoms with Crippen LogP contribution in [0.2, 0.25) is 5.02 Å². The molecule has 1 saturated heterocycles. The van der Waals surface area contributed by atoms with Gasteiger partial charge in [0, 0.05) is 18.5 Å². The van der Waals surface area contributed by atoms with E-state index in [-0.39, 0.29) is 5.41 Å². The largest absolute Gasteiger partial charge is 0.378 e. The van der Waals surface area contributed by atoms with E-state index in [1.165, 1.54) is 0 Å². The van der Waals surface area contributed by atoms with Gasteiger partial charge in [0.05, 0.1) is 30.1 Å². The molecule has 0 radical (unpaired) electrons. The molecule has 1 aliphatic rings. The van der Waals surface area contributed by atoms with Crippen LogP contribution >= 0.6 is 11.6 Å². The summed E-state index contributed by atoms with van der Waals surface area (Å²) in [4.78, 5) is 11.0. The van der Waals surface area contributed by atoms with Gasteiger partial charge in [-0.25, -0.2) is 9.97 Å². The first-order valence-electron chi connectivity index (χ1n) is 5.84. The van der Waals surface area contributed by atoms with E-state index in [9.17, 15) is 0 Å². The SMILES string of the molecule is CC(C)(C)c1nc(N2CCOCC2)ncc1Cl. The van der Waals surface area contributed by atoms with E-state index in [1.54, 1.807) is 6.20 Å². The lowest BCUT2D eigenvalue weighted by molar-refractivity contribution is 0.122. The molecule has 1 fully saturated rings. The molecule has 0 atom stereocenters. The van der Waals surface area contributed by atoms with Gasteiger partial charge in [-0.05, 0) is 0 Å². The van der Waals surface area contributed by atoms with E-state index in [2.05, 4.69) is 35.6 Å². The van der Waals surface area contributed by atoms with E-state index in [0.717, 1.165) is 37.9 Å². The number of rotatable bonds is 1. The van der Waals surface area contributed by atoms with Gasteiger partial charge in [0.2, 0.25) is 5.95 Å². The van der Waals surface area contributed by atoms with Crippen molar-refractivity contribution in [2.45, 2.75) is 26.2 Å². The fraction of sp³-hybridized carbons (Fsp3) is 0.667. The van der Waals surface area contributed by atoms with Gasteiger partial charge in [0.1, 0.15) is 0 Å². The van der Waals surface area contributed by atoms with E-state index in [0.29, 0.717) is 5.02 Å². The minimum Gasteiger partial charge on any atom is -0.378 e. The first-order chi connectivity index (χ1) is 7.98. The monoisotopic (exact) mass is 255 g/mol. The molecule has 0 amide bonds. The molecular weight excluding hydrogens is 238 g/mol. The third kappa shape index (κ3) is 2.87. The molecule has 0 aromatic carbocycles. The second-order valence-electron chi connectivity index (χ2n) is 5.22. The zero-order chi connectivity index (χ0) is 12.5. The summed E-state index contributed by atoms with van der Waals surface area (Å²) in [5.74, 6) is 0.752. The van der Waals surface area contributed by atoms with Crippen molar-refractivity contribution in [1.29, 1.82) is 0 Å². The minimum absolute atomic E-state index is 0.0684. The molecule has 4 nitrogen and oxygen atoms in total. The molecule has 0 spiro atoms. The summed E-state index contributed by atoms with van der Waals surface area (Å²) in [6.07, 6.45) is 1.69. The van der Waals surface area contributed by atoms with Gasteiger partial charge in [-0.2, -0.15) is 0 Å². The van der Waals surface area contributed by atoms with Crippen LogP contribution in [0.4, 0.5) is 5.95 Å². The lowest BCUT2D eigenvalue weighted by atomic mass is 9.92. The van der Waals surface area contributed by atoms with Crippen LogP contribution in [-0.4, -0.2) is 36.3 Å². The Balaban J connectivity index is 2.30. The van der Waals surface area contributed by atoms with Crippen molar-refractivity contribution in [2.24, 2.45) is 0 Å². The van der Waals surface area contributed by atoms with Gasteiger partial charge in [-0.1, -0.05) is 32.4 Å². The molecule has 94 valence electrons. The van der Waals surface area contributed by atoms with Gasteiger partial charge in [0.25, 0.3) is 0 Å². The molecule has 2 rings (SSSR count). The smallest absolute Gasteiger partial charge is 0.225 e. The second-order valence-corrected chi connectivity index (χ2v) is 5.62. The summed E-state index contributed by atoms with van der Waals surface area (Å²) in [5, 5.41) is 0.634. The summed E-state index contributed by atoms with van der Waals surface area (Å²) in [5.41, 5.74) is 0.830. The van der Waals surface area contributed by atoms with Gasteiger partial charge in [0.15, 0.2) is 0 Å². The molecule has 5 heteroatoms. The summed E-state index contributed by atoms with van der Waals surface area (Å²) < 4.78 is 5.32. The van der Waals surface area contributed by atoms with Gasteiger partial charge >= 0.3 is 0 Å². The Kier molecular flexibility index (Phi) is 3.54. The molecule has 1 aromatic rings. The molecular formula is C12H18ClN3O. The molecule has 1 aliphatic heterocycles. The van der Waals surface area contributed by atoms with Crippen molar-refractivity contribution in [3.63, 3.8) is 0 Å². The topological polar surface area (TPSA) is 38.2 Å². The number of halogens is 1. The maximum Gasteiger partial charge on any atom is 0.225 e. The van der Waals surface area contributed by atoms with Crippen LogP contribution in [0.15, 0.2) is 6.20 Å². The number of morpholine rings is 1. The fourth-order valence-corrected chi connectivity index (χ4v) is 2.17. The number of nitrogens with zero attached hydrogens (tertiary/aromatic N) is 3. The van der Waals surface area contributed by atoms with Gasteiger partial charge in [-0.15, -0.1) is 0 Å². The first-order valence-corrected chi connectivity index (χ1v) is 6.22. The van der Waals surface area contributed by atoms with Gasteiger partial charge < -0.3 is 9.64 Å². The van der Waals surface area contributed by atoms with Crippen LogP contribution in [0.1, 0.15) is 26.5 Å². The van der Waals surface area contributed by atoms with E-state index >= 15 is 0 Å². The predicted molar refractivity (Wildman–Crippen MR) is 68.8 cm³/mol. The van der Waals surface area contributed by atoms with Crippen LogP contribution < -0.4 is 4.90 Å². The normalized spacial score (nSPS) is 17.3. The van der Waals surface area contributed by atoms with E-state index < -0.39 is 0 Å². The number of ether oxygens (including phenoxy) is 1. The average molecular weight is 256 g/mol. The zero-order valence-corrected chi connectivity index (χ0v) is 11.3. The van der Waals surface area contributed by atoms with Crippen LogP contribution in [-0.2, 0) is 10.2 Å². The molecule has 0 bridgehead atoms. The zero-order valence-electron chi connectivity index (χ0n) is 10.5. The summed E-state index contributed by atoms with van der Waals surface area (Å²) in [6.45, 7) is 9.45. The van der Waals surface area contributed by atoms with Crippen molar-refractivity contribution in [2.75, 3.05) is 31.2 Å². The Hall–Kier alpha value is -0.870. The standard InChI is InChI=1S/C12H18ClN3O/c1-12(2,3)10-9(13)8-14-11(15-10)16-4-6-17-7-5-16/h8H,4-7H2,1-3H3. The van der Waals surface area contributed by atoms with Gasteiger partial charge in [-0.3, -0.25) is 0 Å². The second kappa shape index (κ2) is 4.78. The van der Waals surface area contributed by atoms with Crippen LogP contribution in [0.25, 0.3) is 0 Å². The van der Waals surface area contributed by atoms with Crippen molar-refractivity contribution in [1.82, 2.24) is 9.97 Å². The Bertz CT molecular complexity index is 397. The highest BCUT2D eigenvalue weighted by atomic mass is 35.5. The van der Waals surface area contributed by atoms with E-state index in [1.807, 2.05) is 0 Å². The first kappa shape index (κ1) is 12.6. The highest BCUT2D eigenvalue weighted by molar-refractivity contribution is 6.31. The van der Waals surface area contributed by atoms with Crippen molar-refractivity contribution >= 4 is 17.5 Å². The third-order valence-electron chi connectivity index (χ3n) is 2.74. The van der Waals surface area contributed by atoms with Crippen LogP contribution in [0, 0.1) is 0 Å². The summed E-state index contributed by atoms with van der Waals surface area (Å²) in [6, 6.07) is 0. The highest BCUT2D eigenvalue weighted by Crippen LogP contribution is 2.28. The maximum atomic E-state index is 6.15. The lowest BCUT2D eigenvalue weighted by Gasteiger charge is -2.28. The molecule has 2 heterocycles. The predicted octanol–water partition coefficient (Wildman–Crippen LogP) is 2.26. The minimum atomic E-state index is -0.0684. The maximum absolute atomic E-state index is 6.15. The van der Waals surface area contributed by atoms with Crippen molar-refractivity contribution < 1.29 is 4.74 Å². The quantitative estimate of drug-likeness (QED) is 0.772. The molecule has 17 heavy (non-hydrogen) atoms. The van der Waals surface area contributed by atoms with Crippen LogP contribution in [0.3, 0.4) is 0 Å². The Morgan fingerprint density at radius 2 is 1.94 bits per heavy atom. The molecule has 0 aliphatic carbocycles. The molecule has 1 aromatic heterocycles. The molecule has 0 saturated carbocycles. The number of hydrogen-bond acceptors (Lipinski definition) is 4. The fourth-order valence-electron chi connectivity index (χ4n) is 1.80. The van der Waals surface area contributed by atoms with Crippen molar-refractivity contribution in [3.8, 4) is 0 Å². The molecule has 0 unspecified atom stereocenters. The average Bonchev–Trinajstić information content (AvgIpc) is 2.29. The highest BCUT2D eigenvalue weighted by Gasteiger charge is 2.22. The van der Waals surface area contributed by atoms with E-state index in [4.69, 9.17) is 16.3 Å². The lowest BCUT2D eigenvalue weighted by Crippen LogP contribution is -2.37. The third-order valence-corrected chi connectivity index (χ3v) is 3.01. The van der Waals surface area contributed by atoms with Crippen molar-refractivity contribution in [3.05, 3.63) is 16.9 Å². The summed E-state index contributed by atoms with van der Waals surface area (Å²) in [7, 11) is 0. The Labute approximate surface area is 107 Å². The number of hydrogen-bond donors (Lipinski definition) is 0. The number of anilines is 1. The Morgan fingerprint density at radius 3 is 2.53 bits per heavy atom. The Morgan fingerprint density at radius 1 is 1.29 bits per heavy atom.